The third-order valence-electron chi connectivity index (χ3n) is 2.59. The molecule has 2 rings (SSSR count). The predicted molar refractivity (Wildman–Crippen MR) is 75.4 cm³/mol. The zero-order valence-electron chi connectivity index (χ0n) is 10.5. The third kappa shape index (κ3) is 4.03. The normalized spacial score (nSPS) is 9.89. The standard InChI is InChI=1S/C15H16N2O2/c16-15(18)12-5-4-8-14(11-12)19-10-9-17-13-6-2-1-3-7-13/h1-8,11,17H,9-10H2,(H2,16,18). The number of hydrogen-bond donors (Lipinski definition) is 2. The van der Waals surface area contributed by atoms with Crippen molar-refractivity contribution in [3.63, 3.8) is 0 Å². The molecule has 1 amide bonds. The maximum Gasteiger partial charge on any atom is 0.248 e. The second-order valence-corrected chi connectivity index (χ2v) is 4.03. The van der Waals surface area contributed by atoms with Crippen molar-refractivity contribution < 1.29 is 9.53 Å². The van der Waals surface area contributed by atoms with Gasteiger partial charge < -0.3 is 15.8 Å². The van der Waals surface area contributed by atoms with Gasteiger partial charge in [-0.15, -0.1) is 0 Å². The second-order valence-electron chi connectivity index (χ2n) is 4.03. The molecule has 0 atom stereocenters. The van der Waals surface area contributed by atoms with E-state index < -0.39 is 5.91 Å². The van der Waals surface area contributed by atoms with Crippen molar-refractivity contribution in [2.75, 3.05) is 18.5 Å². The molecule has 2 aromatic rings. The van der Waals surface area contributed by atoms with Gasteiger partial charge in [-0.05, 0) is 30.3 Å². The molecule has 98 valence electrons. The Labute approximate surface area is 112 Å². The molecule has 0 heterocycles. The zero-order valence-corrected chi connectivity index (χ0v) is 10.5. The fourth-order valence-corrected chi connectivity index (χ4v) is 1.66. The van der Waals surface area contributed by atoms with Gasteiger partial charge in [-0.3, -0.25) is 4.79 Å². The Hall–Kier alpha value is -2.49. The topological polar surface area (TPSA) is 64.4 Å². The minimum atomic E-state index is -0.451. The molecule has 2 aromatic carbocycles. The number of nitrogens with one attached hydrogen (secondary N) is 1. The van der Waals surface area contributed by atoms with Crippen molar-refractivity contribution in [3.8, 4) is 5.75 Å². The van der Waals surface area contributed by atoms with Gasteiger partial charge in [0.15, 0.2) is 0 Å². The number of carbonyl (C=O) groups is 1. The molecule has 3 N–H and O–H groups in total. The lowest BCUT2D eigenvalue weighted by molar-refractivity contribution is 0.1000. The average Bonchev–Trinajstić information content (AvgIpc) is 2.45. The highest BCUT2D eigenvalue weighted by atomic mass is 16.5. The van der Waals surface area contributed by atoms with Crippen molar-refractivity contribution >= 4 is 11.6 Å². The molecule has 0 aliphatic heterocycles. The average molecular weight is 256 g/mol. The lowest BCUT2D eigenvalue weighted by Gasteiger charge is -2.09. The predicted octanol–water partition coefficient (Wildman–Crippen LogP) is 2.28. The summed E-state index contributed by atoms with van der Waals surface area (Å²) in [5.41, 5.74) is 6.71. The van der Waals surface area contributed by atoms with Crippen molar-refractivity contribution in [3.05, 3.63) is 60.2 Å². The molecule has 0 saturated carbocycles. The smallest absolute Gasteiger partial charge is 0.248 e. The highest BCUT2D eigenvalue weighted by Gasteiger charge is 2.01. The number of para-hydroxylation sites is 1. The molecule has 0 aromatic heterocycles. The van der Waals surface area contributed by atoms with E-state index in [9.17, 15) is 4.79 Å². The van der Waals surface area contributed by atoms with Crippen LogP contribution >= 0.6 is 0 Å². The Morgan fingerprint density at radius 2 is 1.89 bits per heavy atom. The first kappa shape index (κ1) is 13.0. The molecule has 0 radical (unpaired) electrons. The first-order valence-electron chi connectivity index (χ1n) is 6.07. The fourth-order valence-electron chi connectivity index (χ4n) is 1.66. The first-order chi connectivity index (χ1) is 9.25. The van der Waals surface area contributed by atoms with Crippen molar-refractivity contribution in [1.82, 2.24) is 0 Å². The van der Waals surface area contributed by atoms with E-state index in [0.29, 0.717) is 24.5 Å². The number of anilines is 1. The molecule has 0 saturated heterocycles. The summed E-state index contributed by atoms with van der Waals surface area (Å²) >= 11 is 0. The largest absolute Gasteiger partial charge is 0.492 e. The van der Waals surface area contributed by atoms with Gasteiger partial charge in [-0.25, -0.2) is 0 Å². The van der Waals surface area contributed by atoms with Gasteiger partial charge in [-0.2, -0.15) is 0 Å². The Balaban J connectivity index is 1.80. The summed E-state index contributed by atoms with van der Waals surface area (Å²) in [6.45, 7) is 1.20. The fraction of sp³-hybridized carbons (Fsp3) is 0.133. The Morgan fingerprint density at radius 3 is 2.63 bits per heavy atom. The van der Waals surface area contributed by atoms with E-state index in [1.54, 1.807) is 24.3 Å². The molecular weight excluding hydrogens is 240 g/mol. The van der Waals surface area contributed by atoms with Crippen molar-refractivity contribution in [1.29, 1.82) is 0 Å². The summed E-state index contributed by atoms with van der Waals surface area (Å²) in [5.74, 6) is 0.194. The van der Waals surface area contributed by atoms with Crippen molar-refractivity contribution in [2.24, 2.45) is 5.73 Å². The van der Waals surface area contributed by atoms with Crippen LogP contribution in [0.2, 0.25) is 0 Å². The summed E-state index contributed by atoms with van der Waals surface area (Å²) in [5, 5.41) is 3.24. The minimum absolute atomic E-state index is 0.451. The van der Waals surface area contributed by atoms with Crippen LogP contribution in [0.3, 0.4) is 0 Å². The summed E-state index contributed by atoms with van der Waals surface area (Å²) in [7, 11) is 0. The Kier molecular flexibility index (Phi) is 4.39. The van der Waals surface area contributed by atoms with E-state index in [0.717, 1.165) is 5.69 Å². The molecule has 0 aliphatic carbocycles. The molecule has 4 nitrogen and oxygen atoms in total. The number of nitrogens with two attached hydrogens (primary N) is 1. The maximum absolute atomic E-state index is 11.0. The molecule has 0 spiro atoms. The first-order valence-corrected chi connectivity index (χ1v) is 6.07. The SMILES string of the molecule is NC(=O)c1cccc(OCCNc2ccccc2)c1. The van der Waals surface area contributed by atoms with Crippen LogP contribution < -0.4 is 15.8 Å². The number of ether oxygens (including phenoxy) is 1. The monoisotopic (exact) mass is 256 g/mol. The van der Waals surface area contributed by atoms with Gasteiger partial charge in [0.1, 0.15) is 12.4 Å². The van der Waals surface area contributed by atoms with Crippen LogP contribution in [0.15, 0.2) is 54.6 Å². The molecular formula is C15H16N2O2. The Morgan fingerprint density at radius 1 is 1.11 bits per heavy atom. The lowest BCUT2D eigenvalue weighted by Crippen LogP contribution is -2.13. The van der Waals surface area contributed by atoms with Gasteiger partial charge in [-0.1, -0.05) is 24.3 Å². The molecule has 0 aliphatic rings. The van der Waals surface area contributed by atoms with Gasteiger partial charge in [0.25, 0.3) is 0 Å². The molecule has 0 bridgehead atoms. The van der Waals surface area contributed by atoms with Gasteiger partial charge in [0.05, 0.1) is 0 Å². The number of benzene rings is 2. The van der Waals surface area contributed by atoms with Crippen LogP contribution in [0.25, 0.3) is 0 Å². The molecule has 19 heavy (non-hydrogen) atoms. The van der Waals surface area contributed by atoms with Gasteiger partial charge in [0, 0.05) is 17.8 Å². The van der Waals surface area contributed by atoms with E-state index in [2.05, 4.69) is 5.32 Å². The van der Waals surface area contributed by atoms with Crippen LogP contribution in [0.1, 0.15) is 10.4 Å². The van der Waals surface area contributed by atoms with E-state index in [4.69, 9.17) is 10.5 Å². The van der Waals surface area contributed by atoms with Gasteiger partial charge in [0.2, 0.25) is 5.91 Å². The second kappa shape index (κ2) is 6.44. The Bertz CT molecular complexity index is 541. The third-order valence-corrected chi connectivity index (χ3v) is 2.59. The number of primary amides is 1. The summed E-state index contributed by atoms with van der Waals surface area (Å²) in [4.78, 5) is 11.0. The quantitative estimate of drug-likeness (QED) is 0.779. The highest BCUT2D eigenvalue weighted by molar-refractivity contribution is 5.93. The number of carbonyl (C=O) groups excluding carboxylic acids is 1. The molecule has 4 heteroatoms. The molecule has 0 fully saturated rings. The van der Waals surface area contributed by atoms with E-state index in [-0.39, 0.29) is 0 Å². The zero-order chi connectivity index (χ0) is 13.5. The number of rotatable bonds is 6. The van der Waals surface area contributed by atoms with E-state index >= 15 is 0 Å². The van der Waals surface area contributed by atoms with E-state index in [1.165, 1.54) is 0 Å². The molecule has 0 unspecified atom stereocenters. The maximum atomic E-state index is 11.0. The van der Waals surface area contributed by atoms with Gasteiger partial charge >= 0.3 is 0 Å². The number of hydrogen-bond acceptors (Lipinski definition) is 3. The summed E-state index contributed by atoms with van der Waals surface area (Å²) < 4.78 is 5.55. The van der Waals surface area contributed by atoms with Crippen molar-refractivity contribution in [2.45, 2.75) is 0 Å². The van der Waals surface area contributed by atoms with Crippen LogP contribution in [-0.4, -0.2) is 19.1 Å². The summed E-state index contributed by atoms with van der Waals surface area (Å²) in [6, 6.07) is 16.8. The van der Waals surface area contributed by atoms with E-state index in [1.807, 2.05) is 30.3 Å². The van der Waals surface area contributed by atoms with Crippen LogP contribution in [0.5, 0.6) is 5.75 Å². The lowest BCUT2D eigenvalue weighted by atomic mass is 10.2. The van der Waals surface area contributed by atoms with Crippen LogP contribution in [-0.2, 0) is 0 Å². The minimum Gasteiger partial charge on any atom is -0.492 e. The number of amides is 1. The summed E-state index contributed by atoms with van der Waals surface area (Å²) in [6.07, 6.45) is 0. The van der Waals surface area contributed by atoms with Crippen LogP contribution in [0, 0.1) is 0 Å². The van der Waals surface area contributed by atoms with Crippen LogP contribution in [0.4, 0.5) is 5.69 Å². The highest BCUT2D eigenvalue weighted by Crippen LogP contribution is 2.12.